The van der Waals surface area contributed by atoms with Gasteiger partial charge in [-0.25, -0.2) is 5.43 Å². The Morgan fingerprint density at radius 1 is 1.12 bits per heavy atom. The second-order valence-corrected chi connectivity index (χ2v) is 5.05. The molecule has 0 aliphatic rings. The summed E-state index contributed by atoms with van der Waals surface area (Å²) in [6.07, 6.45) is 2.18. The van der Waals surface area contributed by atoms with E-state index < -0.39 is 11.8 Å². The summed E-state index contributed by atoms with van der Waals surface area (Å²) in [6, 6.07) is 5.24. The molecule has 0 unspecified atom stereocenters. The Hall–Kier alpha value is -2.57. The molecule has 132 valence electrons. The van der Waals surface area contributed by atoms with Gasteiger partial charge in [0.15, 0.2) is 11.5 Å². The van der Waals surface area contributed by atoms with E-state index in [4.69, 9.17) is 9.47 Å². The Kier molecular flexibility index (Phi) is 8.32. The van der Waals surface area contributed by atoms with Crippen molar-refractivity contribution in [2.24, 2.45) is 5.10 Å². The normalized spacial score (nSPS) is 11.8. The van der Waals surface area contributed by atoms with Crippen LogP contribution in [0.15, 0.2) is 23.3 Å². The Balaban J connectivity index is 2.68. The molecule has 0 bridgehead atoms. The van der Waals surface area contributed by atoms with Crippen molar-refractivity contribution in [2.75, 3.05) is 13.2 Å². The maximum atomic E-state index is 11.6. The number of hydrogen-bond acceptors (Lipinski definition) is 5. The van der Waals surface area contributed by atoms with E-state index in [1.54, 1.807) is 18.2 Å². The van der Waals surface area contributed by atoms with Gasteiger partial charge in [-0.3, -0.25) is 9.59 Å². The first-order chi connectivity index (χ1) is 11.5. The lowest BCUT2D eigenvalue weighted by atomic mass is 10.2. The molecule has 0 aliphatic heterocycles. The highest BCUT2D eigenvalue weighted by Crippen LogP contribution is 2.27. The van der Waals surface area contributed by atoms with Crippen molar-refractivity contribution in [3.8, 4) is 11.5 Å². The number of amides is 2. The van der Waals surface area contributed by atoms with E-state index >= 15 is 0 Å². The molecule has 0 spiro atoms. The smallest absolute Gasteiger partial charge is 0.329 e. The maximum absolute atomic E-state index is 11.6. The predicted molar refractivity (Wildman–Crippen MR) is 92.4 cm³/mol. The summed E-state index contributed by atoms with van der Waals surface area (Å²) in [5.41, 5.74) is 2.91. The average Bonchev–Trinajstić information content (AvgIpc) is 2.57. The first-order valence-corrected chi connectivity index (χ1v) is 8.05. The summed E-state index contributed by atoms with van der Waals surface area (Å²) in [5, 5.41) is 6.35. The maximum Gasteiger partial charge on any atom is 0.329 e. The van der Waals surface area contributed by atoms with Gasteiger partial charge in [0.2, 0.25) is 0 Å². The van der Waals surface area contributed by atoms with Crippen LogP contribution in [0.1, 0.15) is 39.7 Å². The van der Waals surface area contributed by atoms with E-state index in [9.17, 15) is 9.59 Å². The molecule has 0 heterocycles. The van der Waals surface area contributed by atoms with Crippen molar-refractivity contribution in [3.63, 3.8) is 0 Å². The monoisotopic (exact) mass is 335 g/mol. The van der Waals surface area contributed by atoms with Crippen LogP contribution >= 0.6 is 0 Å². The summed E-state index contributed by atoms with van der Waals surface area (Å²) in [5.74, 6) is -0.261. The van der Waals surface area contributed by atoms with Crippen molar-refractivity contribution in [1.82, 2.24) is 10.7 Å². The highest BCUT2D eigenvalue weighted by Gasteiger charge is 2.14. The van der Waals surface area contributed by atoms with Crippen LogP contribution < -0.4 is 20.2 Å². The van der Waals surface area contributed by atoms with Gasteiger partial charge in [0.05, 0.1) is 19.4 Å². The number of nitrogens with one attached hydrogen (secondary N) is 2. The van der Waals surface area contributed by atoms with Crippen LogP contribution in [0.25, 0.3) is 0 Å². The second-order valence-electron chi connectivity index (χ2n) is 5.05. The second kappa shape index (κ2) is 10.3. The van der Waals surface area contributed by atoms with Crippen LogP contribution in [-0.4, -0.2) is 37.3 Å². The largest absolute Gasteiger partial charge is 0.490 e. The van der Waals surface area contributed by atoms with Crippen molar-refractivity contribution in [2.45, 2.75) is 40.2 Å². The molecule has 1 rings (SSSR count). The van der Waals surface area contributed by atoms with Gasteiger partial charge >= 0.3 is 11.8 Å². The standard InChI is InChI=1S/C17H25N3O4/c1-5-12(4)19-16(21)17(22)20-18-11-13-8-9-14(23-6-2)15(10-13)24-7-3/h8-12H,5-7H2,1-4H3,(H,19,21)(H,20,22)/b18-11-/t12-/m0/s1. The molecule has 0 radical (unpaired) electrons. The summed E-state index contributed by atoms with van der Waals surface area (Å²) < 4.78 is 11.0. The number of carbonyl (C=O) groups is 2. The zero-order valence-corrected chi connectivity index (χ0v) is 14.6. The minimum absolute atomic E-state index is 0.0629. The van der Waals surface area contributed by atoms with E-state index in [1.165, 1.54) is 6.21 Å². The summed E-state index contributed by atoms with van der Waals surface area (Å²) in [7, 11) is 0. The summed E-state index contributed by atoms with van der Waals surface area (Å²) in [6.45, 7) is 8.56. The molecule has 1 aromatic carbocycles. The van der Waals surface area contributed by atoms with Gasteiger partial charge in [0.25, 0.3) is 0 Å². The van der Waals surface area contributed by atoms with Gasteiger partial charge < -0.3 is 14.8 Å². The predicted octanol–water partition coefficient (Wildman–Crippen LogP) is 1.85. The number of ether oxygens (including phenoxy) is 2. The van der Waals surface area contributed by atoms with Crippen molar-refractivity contribution in [1.29, 1.82) is 0 Å². The summed E-state index contributed by atoms with van der Waals surface area (Å²) in [4.78, 5) is 23.2. The van der Waals surface area contributed by atoms with E-state index in [1.807, 2.05) is 27.7 Å². The molecule has 7 heteroatoms. The van der Waals surface area contributed by atoms with Crippen LogP contribution in [0.4, 0.5) is 0 Å². The SMILES string of the molecule is CCOc1ccc(/C=N\NC(=O)C(=O)N[C@@H](C)CC)cc1OCC. The first-order valence-electron chi connectivity index (χ1n) is 8.05. The van der Waals surface area contributed by atoms with Crippen molar-refractivity contribution < 1.29 is 19.1 Å². The van der Waals surface area contributed by atoms with Crippen molar-refractivity contribution >= 4 is 18.0 Å². The number of carbonyl (C=O) groups excluding carboxylic acids is 2. The topological polar surface area (TPSA) is 89.0 Å². The molecule has 0 aromatic heterocycles. The zero-order valence-electron chi connectivity index (χ0n) is 14.6. The third-order valence-electron chi connectivity index (χ3n) is 3.14. The quantitative estimate of drug-likeness (QED) is 0.431. The fraction of sp³-hybridized carbons (Fsp3) is 0.471. The molecular formula is C17H25N3O4. The fourth-order valence-electron chi connectivity index (χ4n) is 1.76. The number of hydrogen-bond donors (Lipinski definition) is 2. The number of hydrazone groups is 1. The van der Waals surface area contributed by atoms with Gasteiger partial charge in [-0.1, -0.05) is 6.92 Å². The number of benzene rings is 1. The lowest BCUT2D eigenvalue weighted by molar-refractivity contribution is -0.139. The minimum Gasteiger partial charge on any atom is -0.490 e. The fourth-order valence-corrected chi connectivity index (χ4v) is 1.76. The zero-order chi connectivity index (χ0) is 17.9. The van der Waals surface area contributed by atoms with Crippen LogP contribution in [0.5, 0.6) is 11.5 Å². The lowest BCUT2D eigenvalue weighted by Crippen LogP contribution is -2.41. The van der Waals surface area contributed by atoms with Crippen molar-refractivity contribution in [3.05, 3.63) is 23.8 Å². The van der Waals surface area contributed by atoms with Crippen LogP contribution in [0.2, 0.25) is 0 Å². The van der Waals surface area contributed by atoms with E-state index in [-0.39, 0.29) is 6.04 Å². The Morgan fingerprint density at radius 2 is 1.79 bits per heavy atom. The molecule has 0 saturated carbocycles. The van der Waals surface area contributed by atoms with Crippen LogP contribution in [0, 0.1) is 0 Å². The third-order valence-corrected chi connectivity index (χ3v) is 3.14. The summed E-state index contributed by atoms with van der Waals surface area (Å²) >= 11 is 0. The molecule has 2 amide bonds. The highest BCUT2D eigenvalue weighted by atomic mass is 16.5. The molecule has 0 fully saturated rings. The molecule has 0 aliphatic carbocycles. The first kappa shape index (κ1) is 19.5. The molecule has 24 heavy (non-hydrogen) atoms. The highest BCUT2D eigenvalue weighted by molar-refractivity contribution is 6.35. The molecular weight excluding hydrogens is 310 g/mol. The molecule has 7 nitrogen and oxygen atoms in total. The van der Waals surface area contributed by atoms with Gasteiger partial charge in [0, 0.05) is 6.04 Å². The van der Waals surface area contributed by atoms with Gasteiger partial charge in [-0.2, -0.15) is 5.10 Å². The van der Waals surface area contributed by atoms with E-state index in [0.29, 0.717) is 30.3 Å². The number of rotatable bonds is 8. The average molecular weight is 335 g/mol. The number of nitrogens with zero attached hydrogens (tertiary/aromatic N) is 1. The molecule has 0 saturated heterocycles. The third kappa shape index (κ3) is 6.28. The molecule has 1 atom stereocenters. The van der Waals surface area contributed by atoms with Gasteiger partial charge in [0.1, 0.15) is 0 Å². The molecule has 2 N–H and O–H groups in total. The Labute approximate surface area is 142 Å². The Bertz CT molecular complexity index is 587. The lowest BCUT2D eigenvalue weighted by Gasteiger charge is -2.11. The Morgan fingerprint density at radius 3 is 2.42 bits per heavy atom. The van der Waals surface area contributed by atoms with Gasteiger partial charge in [-0.15, -0.1) is 0 Å². The molecule has 1 aromatic rings. The van der Waals surface area contributed by atoms with Gasteiger partial charge in [-0.05, 0) is 51.0 Å². The van der Waals surface area contributed by atoms with E-state index in [2.05, 4.69) is 15.8 Å². The van der Waals surface area contributed by atoms with Crippen LogP contribution in [0.3, 0.4) is 0 Å². The minimum atomic E-state index is -0.803. The van der Waals surface area contributed by atoms with E-state index in [0.717, 1.165) is 6.42 Å². The van der Waals surface area contributed by atoms with Crippen LogP contribution in [-0.2, 0) is 9.59 Å².